The SMILES string of the molecule is COc1cc(C)c(S(=O)(=O)NCc2ccc(CN3C(=O)[C@@H](CNC(=O)OC(C)(C)C)NC(=O)[C@@H]3CC(=O)N[C@@H](CCCN=C(N)NS(=O)(=O)c3c(C)cc(OC)c(C)c3C)C(=O)NCC(=O)OCc3ccccc3)cc2)c(C)c1C. The van der Waals surface area contributed by atoms with Crippen LogP contribution in [0.1, 0.15) is 90.1 Å². The van der Waals surface area contributed by atoms with Crippen molar-refractivity contribution in [1.82, 2.24) is 35.6 Å². The minimum Gasteiger partial charge on any atom is -0.496 e. The maximum Gasteiger partial charge on any atom is 0.407 e. The minimum atomic E-state index is -4.21. The molecular formula is C55H73N9O14S2. The molecule has 1 heterocycles. The van der Waals surface area contributed by atoms with Gasteiger partial charge in [-0.25, -0.2) is 31.1 Å². The number of aryl methyl sites for hydroxylation is 2. The molecule has 0 radical (unpaired) electrons. The van der Waals surface area contributed by atoms with Crippen LogP contribution in [0, 0.1) is 41.5 Å². The number of nitrogens with one attached hydrogen (secondary N) is 6. The minimum absolute atomic E-state index is 0.00164. The number of amides is 5. The van der Waals surface area contributed by atoms with Crippen molar-refractivity contribution in [3.63, 3.8) is 0 Å². The number of ether oxygens (including phenoxy) is 4. The molecule has 5 rings (SSSR count). The van der Waals surface area contributed by atoms with Crippen LogP contribution in [-0.4, -0.2) is 121 Å². The van der Waals surface area contributed by atoms with E-state index in [9.17, 15) is 45.6 Å². The Balaban J connectivity index is 1.34. The van der Waals surface area contributed by atoms with Gasteiger partial charge in [-0.05, 0) is 137 Å². The van der Waals surface area contributed by atoms with Gasteiger partial charge in [0.1, 0.15) is 48.4 Å². The van der Waals surface area contributed by atoms with Crippen molar-refractivity contribution in [2.75, 3.05) is 33.9 Å². The van der Waals surface area contributed by atoms with Crippen LogP contribution in [0.2, 0.25) is 0 Å². The number of esters is 1. The summed E-state index contributed by atoms with van der Waals surface area (Å²) in [7, 11) is -5.21. The number of hydrogen-bond donors (Lipinski definition) is 7. The van der Waals surface area contributed by atoms with Gasteiger partial charge in [0.2, 0.25) is 39.6 Å². The van der Waals surface area contributed by atoms with Gasteiger partial charge in [0.25, 0.3) is 10.0 Å². The first-order valence-corrected chi connectivity index (χ1v) is 28.6. The molecule has 4 aromatic rings. The van der Waals surface area contributed by atoms with Crippen LogP contribution in [0.15, 0.2) is 81.5 Å². The monoisotopic (exact) mass is 1150 g/mol. The average molecular weight is 1150 g/mol. The number of piperazine rings is 1. The lowest BCUT2D eigenvalue weighted by molar-refractivity contribution is -0.151. The molecule has 1 aliphatic rings. The maximum atomic E-state index is 14.3. The normalized spacial score (nSPS) is 15.3. The van der Waals surface area contributed by atoms with Crippen molar-refractivity contribution in [3.8, 4) is 11.5 Å². The molecule has 0 saturated carbocycles. The van der Waals surface area contributed by atoms with Gasteiger partial charge in [-0.2, -0.15) is 0 Å². The molecule has 23 nitrogen and oxygen atoms in total. The summed E-state index contributed by atoms with van der Waals surface area (Å²) in [5.74, 6) is -3.23. The molecule has 0 aromatic heterocycles. The fourth-order valence-electron chi connectivity index (χ4n) is 8.84. The van der Waals surface area contributed by atoms with Crippen molar-refractivity contribution in [2.45, 2.75) is 135 Å². The number of benzene rings is 4. The van der Waals surface area contributed by atoms with Gasteiger partial charge in [-0.1, -0.05) is 54.6 Å². The molecule has 4 aromatic carbocycles. The highest BCUT2D eigenvalue weighted by molar-refractivity contribution is 7.90. The van der Waals surface area contributed by atoms with Gasteiger partial charge in [0.15, 0.2) is 0 Å². The topological polar surface area (TPSA) is 321 Å². The first-order valence-electron chi connectivity index (χ1n) is 25.6. The number of sulfonamides is 2. The summed E-state index contributed by atoms with van der Waals surface area (Å²) in [5, 5.41) is 10.2. The molecule has 3 atom stereocenters. The lowest BCUT2D eigenvalue weighted by Gasteiger charge is -2.39. The first-order chi connectivity index (χ1) is 37.5. The Kier molecular flexibility index (Phi) is 21.6. The number of alkyl carbamates (subject to hydrolysis) is 1. The Hall–Kier alpha value is -7.77. The van der Waals surface area contributed by atoms with Gasteiger partial charge in [0.05, 0.1) is 37.0 Å². The second-order valence-corrected chi connectivity index (χ2v) is 23.5. The van der Waals surface area contributed by atoms with E-state index in [0.29, 0.717) is 61.6 Å². The number of hydrogen-bond acceptors (Lipinski definition) is 15. The third-order valence-corrected chi connectivity index (χ3v) is 16.4. The average Bonchev–Trinajstić information content (AvgIpc) is 3.46. The van der Waals surface area contributed by atoms with E-state index in [1.54, 1.807) is 129 Å². The zero-order chi connectivity index (χ0) is 59.3. The van der Waals surface area contributed by atoms with E-state index >= 15 is 0 Å². The molecule has 25 heteroatoms. The number of nitrogens with zero attached hydrogens (tertiary/aromatic N) is 2. The van der Waals surface area contributed by atoms with Gasteiger partial charge >= 0.3 is 12.1 Å². The van der Waals surface area contributed by atoms with Crippen LogP contribution in [0.4, 0.5) is 4.79 Å². The number of carbonyl (C=O) groups is 6. The molecule has 0 unspecified atom stereocenters. The van der Waals surface area contributed by atoms with Crippen LogP contribution in [-0.2, 0) is 73.2 Å². The number of aliphatic imine (C=N–C) groups is 1. The molecule has 0 spiro atoms. The highest BCUT2D eigenvalue weighted by Crippen LogP contribution is 2.32. The molecule has 0 bridgehead atoms. The zero-order valence-electron chi connectivity index (χ0n) is 47.0. The maximum absolute atomic E-state index is 14.3. The van der Waals surface area contributed by atoms with Crippen molar-refractivity contribution in [3.05, 3.63) is 117 Å². The second kappa shape index (κ2) is 27.4. The fourth-order valence-corrected chi connectivity index (χ4v) is 11.9. The van der Waals surface area contributed by atoms with Gasteiger partial charge in [-0.15, -0.1) is 0 Å². The Labute approximate surface area is 467 Å². The number of rotatable bonds is 24. The quantitative estimate of drug-likeness (QED) is 0.0228. The summed E-state index contributed by atoms with van der Waals surface area (Å²) >= 11 is 0. The van der Waals surface area contributed by atoms with E-state index < -0.39 is 98.4 Å². The zero-order valence-corrected chi connectivity index (χ0v) is 48.6. The fraction of sp³-hybridized carbons (Fsp3) is 0.436. The van der Waals surface area contributed by atoms with Crippen LogP contribution < -0.4 is 45.9 Å². The van der Waals surface area contributed by atoms with Gasteiger partial charge in [0, 0.05) is 19.6 Å². The summed E-state index contributed by atoms with van der Waals surface area (Å²) in [5.41, 5.74) is 10.1. The molecule has 0 aliphatic carbocycles. The van der Waals surface area contributed by atoms with Crippen LogP contribution in [0.25, 0.3) is 0 Å². The number of methoxy groups -OCH3 is 2. The van der Waals surface area contributed by atoms with Crippen LogP contribution in [0.5, 0.6) is 11.5 Å². The van der Waals surface area contributed by atoms with E-state index in [1.165, 1.54) is 19.1 Å². The largest absolute Gasteiger partial charge is 0.496 e. The Morgan fingerprint density at radius 1 is 0.775 bits per heavy atom. The lowest BCUT2D eigenvalue weighted by Crippen LogP contribution is -2.66. The summed E-state index contributed by atoms with van der Waals surface area (Å²) in [6.45, 7) is 13.6. The second-order valence-electron chi connectivity index (χ2n) is 20.2. The molecule has 5 amide bonds. The van der Waals surface area contributed by atoms with E-state index in [1.807, 2.05) is 0 Å². The first kappa shape index (κ1) is 63.1. The molecule has 434 valence electrons. The standard InChI is InChI=1S/C55H73N9O14S2/c1-32-24-44(75-10)34(3)36(5)48(32)79(71,72)60-27-38-19-21-39(22-20-38)30-64-43(51(68)62-42(52(64)69)28-59-54(70)78-55(7,8)9)26-46(65)61-41(50(67)58-29-47(66)77-31-40-16-13-12-14-17-40)18-15-23-57-53(56)63-80(73,74)49-33(2)25-45(76-11)35(4)37(49)6/h12-14,16-17,19-22,24-25,41-43,60H,15,18,23,26-31H2,1-11H3,(H,58,67)(H,59,70)(H,61,65)(H,62,68)(H3,56,57,63)/t41-,42+,43-/m0/s1. The summed E-state index contributed by atoms with van der Waals surface area (Å²) in [6, 6.07) is 14.5. The van der Waals surface area contributed by atoms with Crippen molar-refractivity contribution >= 4 is 61.7 Å². The molecule has 1 aliphatic heterocycles. The number of nitrogens with two attached hydrogens (primary N) is 1. The van der Waals surface area contributed by atoms with Crippen LogP contribution >= 0.6 is 0 Å². The number of carbonyl (C=O) groups excluding carboxylic acids is 6. The van der Waals surface area contributed by atoms with E-state index in [0.717, 1.165) is 0 Å². The summed E-state index contributed by atoms with van der Waals surface area (Å²) in [6.07, 6.45) is -1.59. The predicted molar refractivity (Wildman–Crippen MR) is 297 cm³/mol. The van der Waals surface area contributed by atoms with Crippen molar-refractivity contribution in [2.24, 2.45) is 10.7 Å². The van der Waals surface area contributed by atoms with E-state index in [-0.39, 0.29) is 55.4 Å². The molecule has 8 N–H and O–H groups in total. The van der Waals surface area contributed by atoms with Gasteiger partial charge in [-0.3, -0.25) is 29.0 Å². The van der Waals surface area contributed by atoms with E-state index in [4.69, 9.17) is 24.7 Å². The molecular weight excluding hydrogens is 1070 g/mol. The summed E-state index contributed by atoms with van der Waals surface area (Å²) < 4.78 is 80.5. The third kappa shape index (κ3) is 17.1. The summed E-state index contributed by atoms with van der Waals surface area (Å²) in [4.78, 5) is 87.0. The Bertz CT molecular complexity index is 3200. The predicted octanol–water partition coefficient (Wildman–Crippen LogP) is 3.56. The smallest absolute Gasteiger partial charge is 0.407 e. The highest BCUT2D eigenvalue weighted by Gasteiger charge is 2.42. The van der Waals surface area contributed by atoms with Crippen molar-refractivity contribution in [1.29, 1.82) is 0 Å². The Morgan fingerprint density at radius 3 is 1.93 bits per heavy atom. The number of guanidine groups is 1. The third-order valence-electron chi connectivity index (χ3n) is 13.1. The van der Waals surface area contributed by atoms with E-state index in [2.05, 4.69) is 35.7 Å². The molecule has 1 saturated heterocycles. The van der Waals surface area contributed by atoms with Gasteiger partial charge < -0.3 is 50.8 Å². The highest BCUT2D eigenvalue weighted by atomic mass is 32.2. The van der Waals surface area contributed by atoms with Crippen molar-refractivity contribution < 1.29 is 64.6 Å². The Morgan fingerprint density at radius 2 is 1.35 bits per heavy atom. The molecule has 1 fully saturated rings. The van der Waals surface area contributed by atoms with Crippen LogP contribution in [0.3, 0.4) is 0 Å². The molecule has 80 heavy (non-hydrogen) atoms. The lowest BCUT2D eigenvalue weighted by atomic mass is 10.0.